The van der Waals surface area contributed by atoms with Crippen LogP contribution in [0, 0.1) is 6.92 Å². The molecule has 12 heteroatoms. The van der Waals surface area contributed by atoms with Gasteiger partial charge in [-0.1, -0.05) is 11.6 Å². The third-order valence-corrected chi connectivity index (χ3v) is 4.57. The van der Waals surface area contributed by atoms with E-state index >= 15 is 0 Å². The van der Waals surface area contributed by atoms with Crippen molar-refractivity contribution >= 4 is 33.4 Å². The van der Waals surface area contributed by atoms with Crippen molar-refractivity contribution < 1.29 is 35.1 Å². The Morgan fingerprint density at radius 2 is 1.64 bits per heavy atom. The molecule has 0 atom stereocenters. The molecule has 0 aliphatic carbocycles. The summed E-state index contributed by atoms with van der Waals surface area (Å²) in [6, 6.07) is 2.89. The molecule has 0 saturated carbocycles. The van der Waals surface area contributed by atoms with Crippen LogP contribution in [0.1, 0.15) is 11.3 Å². The highest BCUT2D eigenvalue weighted by Crippen LogP contribution is 2.44. The third-order valence-electron chi connectivity index (χ3n) is 4.27. The standard InChI is InChI=1S/C16H9ClF8N2O/c1-6-11-9(3-2-8-12(11)7(17)4-10(28)26-8)27(13(6)15(20,21)22)5-14(18,19)16(23,24)25/h2-4H,5H2,1H3,(H,26,28). The van der Waals surface area contributed by atoms with Gasteiger partial charge in [-0.15, -0.1) is 0 Å². The molecule has 2 heterocycles. The van der Waals surface area contributed by atoms with Crippen LogP contribution in [0.5, 0.6) is 0 Å². The van der Waals surface area contributed by atoms with E-state index in [9.17, 15) is 39.9 Å². The fourth-order valence-electron chi connectivity index (χ4n) is 3.16. The van der Waals surface area contributed by atoms with Gasteiger partial charge in [-0.2, -0.15) is 35.1 Å². The largest absolute Gasteiger partial charge is 0.455 e. The van der Waals surface area contributed by atoms with Crippen LogP contribution >= 0.6 is 11.6 Å². The molecule has 1 aromatic carbocycles. The molecule has 0 spiro atoms. The summed E-state index contributed by atoms with van der Waals surface area (Å²) in [6.45, 7) is -1.32. The van der Waals surface area contributed by atoms with Crippen LogP contribution in [-0.4, -0.2) is 21.6 Å². The Labute approximate surface area is 155 Å². The minimum absolute atomic E-state index is 0.0153. The number of pyridine rings is 1. The minimum Gasteiger partial charge on any atom is -0.330 e. The van der Waals surface area contributed by atoms with Gasteiger partial charge in [0.15, 0.2) is 0 Å². The van der Waals surface area contributed by atoms with E-state index in [4.69, 9.17) is 11.6 Å². The summed E-state index contributed by atoms with van der Waals surface area (Å²) in [6.07, 6.45) is -11.3. The van der Waals surface area contributed by atoms with Gasteiger partial charge in [-0.3, -0.25) is 4.79 Å². The van der Waals surface area contributed by atoms with E-state index < -0.39 is 47.2 Å². The molecule has 28 heavy (non-hydrogen) atoms. The number of aryl methyl sites for hydroxylation is 1. The van der Waals surface area contributed by atoms with Gasteiger partial charge in [-0.25, -0.2) is 0 Å². The van der Waals surface area contributed by atoms with Crippen molar-refractivity contribution in [3.05, 3.63) is 44.8 Å². The smallest absolute Gasteiger partial charge is 0.330 e. The number of fused-ring (bicyclic) bond motifs is 3. The second kappa shape index (κ2) is 6.10. The van der Waals surface area contributed by atoms with Gasteiger partial charge in [-0.05, 0) is 24.6 Å². The van der Waals surface area contributed by atoms with Gasteiger partial charge >= 0.3 is 18.3 Å². The zero-order chi connectivity index (χ0) is 21.2. The molecular weight excluding hydrogens is 424 g/mol. The first-order valence-corrected chi connectivity index (χ1v) is 7.89. The van der Waals surface area contributed by atoms with Crippen molar-refractivity contribution in [2.45, 2.75) is 31.7 Å². The van der Waals surface area contributed by atoms with E-state index in [2.05, 4.69) is 4.98 Å². The van der Waals surface area contributed by atoms with E-state index in [0.29, 0.717) is 0 Å². The number of aromatic amines is 1. The van der Waals surface area contributed by atoms with Crippen molar-refractivity contribution in [1.82, 2.24) is 9.55 Å². The number of rotatable bonds is 2. The van der Waals surface area contributed by atoms with Crippen LogP contribution in [0.15, 0.2) is 23.0 Å². The lowest BCUT2D eigenvalue weighted by Crippen LogP contribution is -2.41. The molecule has 0 aliphatic heterocycles. The van der Waals surface area contributed by atoms with E-state index in [1.54, 1.807) is 0 Å². The highest BCUT2D eigenvalue weighted by molar-refractivity contribution is 6.37. The molecule has 3 rings (SSSR count). The molecule has 0 radical (unpaired) electrons. The first-order chi connectivity index (χ1) is 12.6. The summed E-state index contributed by atoms with van der Waals surface area (Å²) in [5.41, 5.74) is -3.40. The summed E-state index contributed by atoms with van der Waals surface area (Å²) >= 11 is 5.96. The molecular formula is C16H9ClF8N2O. The van der Waals surface area contributed by atoms with Crippen molar-refractivity contribution in [1.29, 1.82) is 0 Å². The van der Waals surface area contributed by atoms with E-state index in [0.717, 1.165) is 25.1 Å². The second-order valence-corrected chi connectivity index (χ2v) is 6.53. The Balaban J connectivity index is 2.47. The summed E-state index contributed by atoms with van der Waals surface area (Å²) in [5, 5.41) is -0.624. The minimum atomic E-state index is -6.04. The second-order valence-electron chi connectivity index (χ2n) is 6.12. The van der Waals surface area contributed by atoms with Crippen LogP contribution in [0.2, 0.25) is 5.02 Å². The maximum Gasteiger partial charge on any atom is 0.455 e. The topological polar surface area (TPSA) is 37.8 Å². The maximum atomic E-state index is 13.6. The van der Waals surface area contributed by atoms with Crippen LogP contribution in [0.3, 0.4) is 0 Å². The van der Waals surface area contributed by atoms with Crippen LogP contribution in [0.25, 0.3) is 21.8 Å². The maximum absolute atomic E-state index is 13.6. The predicted molar refractivity (Wildman–Crippen MR) is 85.8 cm³/mol. The molecule has 1 N–H and O–H groups in total. The molecule has 0 saturated heterocycles. The fraction of sp³-hybridized carbons (Fsp3) is 0.312. The normalized spacial score (nSPS) is 13.6. The van der Waals surface area contributed by atoms with Gasteiger partial charge in [0.25, 0.3) is 0 Å². The van der Waals surface area contributed by atoms with Crippen LogP contribution in [0.4, 0.5) is 35.1 Å². The number of benzene rings is 1. The van der Waals surface area contributed by atoms with Gasteiger partial charge in [0.05, 0.1) is 17.1 Å². The summed E-state index contributed by atoms with van der Waals surface area (Å²) in [5.74, 6) is -5.41. The van der Waals surface area contributed by atoms with Crippen LogP contribution in [-0.2, 0) is 12.7 Å². The highest BCUT2D eigenvalue weighted by Gasteiger charge is 2.58. The quantitative estimate of drug-likeness (QED) is 0.521. The number of hydrogen-bond donors (Lipinski definition) is 1. The Bertz CT molecular complexity index is 1140. The Morgan fingerprint density at radius 3 is 2.18 bits per heavy atom. The highest BCUT2D eigenvalue weighted by atomic mass is 35.5. The molecule has 0 bridgehead atoms. The van der Waals surface area contributed by atoms with Crippen LogP contribution < -0.4 is 5.56 Å². The predicted octanol–water partition coefficient (Wildman–Crippen LogP) is 5.66. The first kappa shape index (κ1) is 20.4. The van der Waals surface area contributed by atoms with Crippen molar-refractivity contribution in [3.8, 4) is 0 Å². The Morgan fingerprint density at radius 1 is 1.04 bits per heavy atom. The van der Waals surface area contributed by atoms with E-state index in [1.807, 2.05) is 0 Å². The third kappa shape index (κ3) is 3.11. The number of aromatic nitrogens is 2. The number of alkyl halides is 8. The zero-order valence-corrected chi connectivity index (χ0v) is 14.5. The number of nitrogens with one attached hydrogen (secondary N) is 1. The number of H-pyrrole nitrogens is 1. The Hall–Kier alpha value is -2.30. The lowest BCUT2D eigenvalue weighted by molar-refractivity contribution is -0.287. The van der Waals surface area contributed by atoms with Gasteiger partial charge in [0.1, 0.15) is 5.69 Å². The van der Waals surface area contributed by atoms with Gasteiger partial charge < -0.3 is 9.55 Å². The Kier molecular flexibility index (Phi) is 4.45. The summed E-state index contributed by atoms with van der Waals surface area (Å²) in [7, 11) is 0. The summed E-state index contributed by atoms with van der Waals surface area (Å²) < 4.78 is 106. The summed E-state index contributed by atoms with van der Waals surface area (Å²) in [4.78, 5) is 13.8. The number of halogens is 9. The molecule has 0 amide bonds. The lowest BCUT2D eigenvalue weighted by atomic mass is 10.1. The molecule has 3 aromatic rings. The SMILES string of the molecule is Cc1c(C(F)(F)F)n(CC(F)(F)C(F)(F)F)c2ccc3[nH]c(=O)cc(Cl)c3c12. The van der Waals surface area contributed by atoms with Crippen molar-refractivity contribution in [3.63, 3.8) is 0 Å². The zero-order valence-electron chi connectivity index (χ0n) is 13.7. The average molecular weight is 433 g/mol. The molecule has 0 unspecified atom stereocenters. The average Bonchev–Trinajstić information content (AvgIpc) is 2.77. The van der Waals surface area contributed by atoms with E-state index in [-0.39, 0.29) is 25.9 Å². The molecule has 0 aliphatic rings. The molecule has 152 valence electrons. The van der Waals surface area contributed by atoms with Gasteiger partial charge in [0.2, 0.25) is 5.56 Å². The van der Waals surface area contributed by atoms with E-state index in [1.165, 1.54) is 0 Å². The van der Waals surface area contributed by atoms with Crippen molar-refractivity contribution in [2.75, 3.05) is 0 Å². The lowest BCUT2D eigenvalue weighted by Gasteiger charge is -2.23. The molecule has 0 fully saturated rings. The molecule has 3 nitrogen and oxygen atoms in total. The number of hydrogen-bond acceptors (Lipinski definition) is 1. The van der Waals surface area contributed by atoms with Gasteiger partial charge in [0, 0.05) is 22.4 Å². The van der Waals surface area contributed by atoms with Crippen molar-refractivity contribution in [2.24, 2.45) is 0 Å². The molecule has 2 aromatic heterocycles. The monoisotopic (exact) mass is 432 g/mol. The number of nitrogens with zero attached hydrogens (tertiary/aromatic N) is 1. The first-order valence-electron chi connectivity index (χ1n) is 7.51. The fourth-order valence-corrected chi connectivity index (χ4v) is 3.46.